The van der Waals surface area contributed by atoms with Crippen LogP contribution in [0.1, 0.15) is 60.8 Å². The Balaban J connectivity index is 2.42. The highest BCUT2D eigenvalue weighted by Gasteiger charge is 2.23. The first-order chi connectivity index (χ1) is 10.7. The van der Waals surface area contributed by atoms with Crippen LogP contribution in [-0.4, -0.2) is 54.9 Å². The molecule has 0 bridgehead atoms. The molecule has 1 amide bonds. The Morgan fingerprint density at radius 1 is 1.26 bits per heavy atom. The molecule has 1 saturated heterocycles. The minimum absolute atomic E-state index is 0.0929. The first-order valence-corrected chi connectivity index (χ1v) is 9.16. The topological polar surface area (TPSA) is 53.6 Å². The third-order valence-corrected chi connectivity index (χ3v) is 4.40. The Morgan fingerprint density at radius 3 is 2.52 bits per heavy atom. The lowest BCUT2D eigenvalue weighted by Gasteiger charge is -2.27. The largest absolute Gasteiger partial charge is 0.444 e. The molecule has 0 aromatic carbocycles. The minimum Gasteiger partial charge on any atom is -0.444 e. The molecule has 2 N–H and O–H groups in total. The maximum absolute atomic E-state index is 12.0. The quantitative estimate of drug-likeness (QED) is 0.787. The molecule has 1 rings (SSSR count). The molecule has 1 aliphatic heterocycles. The molecule has 5 heteroatoms. The van der Waals surface area contributed by atoms with Gasteiger partial charge in [-0.2, -0.15) is 0 Å². The van der Waals surface area contributed by atoms with Gasteiger partial charge >= 0.3 is 6.09 Å². The standard InChI is InChI=1S/C18H37N3O2/c1-7-21-11-8-9-15(10-12-21)19-13-16(14(2)3)20-17(22)23-18(4,5)6/h14-16,19H,7-13H2,1-6H3,(H,20,22). The van der Waals surface area contributed by atoms with Crippen LogP contribution in [0.4, 0.5) is 4.79 Å². The Bertz CT molecular complexity index is 353. The zero-order chi connectivity index (χ0) is 17.5. The molecule has 2 atom stereocenters. The number of hydrogen-bond donors (Lipinski definition) is 2. The van der Waals surface area contributed by atoms with E-state index < -0.39 is 5.60 Å². The number of nitrogens with one attached hydrogen (secondary N) is 2. The normalized spacial score (nSPS) is 21.8. The van der Waals surface area contributed by atoms with Crippen molar-refractivity contribution in [3.05, 3.63) is 0 Å². The Labute approximate surface area is 142 Å². The van der Waals surface area contributed by atoms with Crippen molar-refractivity contribution in [1.29, 1.82) is 0 Å². The van der Waals surface area contributed by atoms with Crippen molar-refractivity contribution in [3.63, 3.8) is 0 Å². The van der Waals surface area contributed by atoms with Gasteiger partial charge in [-0.3, -0.25) is 0 Å². The molecular formula is C18H37N3O2. The van der Waals surface area contributed by atoms with E-state index in [1.807, 2.05) is 20.8 Å². The van der Waals surface area contributed by atoms with E-state index in [2.05, 4.69) is 36.3 Å². The summed E-state index contributed by atoms with van der Waals surface area (Å²) in [5.74, 6) is 0.368. The summed E-state index contributed by atoms with van der Waals surface area (Å²) in [6.07, 6.45) is 3.33. The maximum Gasteiger partial charge on any atom is 0.407 e. The molecule has 1 fully saturated rings. The smallest absolute Gasteiger partial charge is 0.407 e. The fourth-order valence-corrected chi connectivity index (χ4v) is 2.88. The van der Waals surface area contributed by atoms with Gasteiger partial charge in [-0.25, -0.2) is 4.79 Å². The van der Waals surface area contributed by atoms with Gasteiger partial charge < -0.3 is 20.3 Å². The van der Waals surface area contributed by atoms with Crippen molar-refractivity contribution in [1.82, 2.24) is 15.5 Å². The molecular weight excluding hydrogens is 290 g/mol. The van der Waals surface area contributed by atoms with E-state index in [0.717, 1.165) is 13.1 Å². The number of likely N-dealkylation sites (tertiary alicyclic amines) is 1. The third kappa shape index (κ3) is 8.56. The summed E-state index contributed by atoms with van der Waals surface area (Å²) in [5, 5.41) is 6.67. The second-order valence-corrected chi connectivity index (χ2v) is 7.97. The molecule has 0 aromatic rings. The predicted octanol–water partition coefficient (Wildman–Crippen LogP) is 3.00. The van der Waals surface area contributed by atoms with Crippen molar-refractivity contribution in [2.24, 2.45) is 5.92 Å². The second-order valence-electron chi connectivity index (χ2n) is 7.97. The number of nitrogens with zero attached hydrogens (tertiary/aromatic N) is 1. The number of alkyl carbamates (subject to hydrolysis) is 1. The van der Waals surface area contributed by atoms with Crippen molar-refractivity contribution in [3.8, 4) is 0 Å². The van der Waals surface area contributed by atoms with E-state index >= 15 is 0 Å². The Morgan fingerprint density at radius 2 is 1.96 bits per heavy atom. The molecule has 0 radical (unpaired) electrons. The molecule has 136 valence electrons. The summed E-state index contributed by atoms with van der Waals surface area (Å²) in [6.45, 7) is 16.5. The van der Waals surface area contributed by atoms with E-state index in [9.17, 15) is 4.79 Å². The van der Waals surface area contributed by atoms with Gasteiger partial charge in [-0.15, -0.1) is 0 Å². The van der Waals surface area contributed by atoms with Crippen LogP contribution in [-0.2, 0) is 4.74 Å². The molecule has 2 unspecified atom stereocenters. The van der Waals surface area contributed by atoms with Crippen LogP contribution in [0, 0.1) is 5.92 Å². The summed E-state index contributed by atoms with van der Waals surface area (Å²) in [4.78, 5) is 14.5. The lowest BCUT2D eigenvalue weighted by molar-refractivity contribution is 0.0489. The van der Waals surface area contributed by atoms with Crippen LogP contribution in [0.25, 0.3) is 0 Å². The van der Waals surface area contributed by atoms with Crippen LogP contribution in [0.15, 0.2) is 0 Å². The van der Waals surface area contributed by atoms with Gasteiger partial charge in [0.05, 0.1) is 0 Å². The second kappa shape index (κ2) is 9.48. The average molecular weight is 328 g/mol. The van der Waals surface area contributed by atoms with Crippen molar-refractivity contribution < 1.29 is 9.53 Å². The first kappa shape index (κ1) is 20.2. The maximum atomic E-state index is 12.0. The van der Waals surface area contributed by atoms with E-state index in [1.165, 1.54) is 32.4 Å². The van der Waals surface area contributed by atoms with Crippen LogP contribution >= 0.6 is 0 Å². The number of rotatable bonds is 6. The molecule has 0 spiro atoms. The minimum atomic E-state index is -0.454. The number of carbonyl (C=O) groups is 1. The Hall–Kier alpha value is -0.810. The summed E-state index contributed by atoms with van der Waals surface area (Å²) in [6, 6.07) is 0.642. The summed E-state index contributed by atoms with van der Waals surface area (Å²) in [5.41, 5.74) is -0.454. The van der Waals surface area contributed by atoms with E-state index in [0.29, 0.717) is 12.0 Å². The highest BCUT2D eigenvalue weighted by Crippen LogP contribution is 2.12. The molecule has 23 heavy (non-hydrogen) atoms. The molecule has 0 aliphatic carbocycles. The van der Waals surface area contributed by atoms with Gasteiger partial charge in [-0.1, -0.05) is 20.8 Å². The van der Waals surface area contributed by atoms with Crippen molar-refractivity contribution in [2.75, 3.05) is 26.2 Å². The van der Waals surface area contributed by atoms with E-state index in [-0.39, 0.29) is 12.1 Å². The monoisotopic (exact) mass is 327 g/mol. The number of carbonyl (C=O) groups excluding carboxylic acids is 1. The van der Waals surface area contributed by atoms with E-state index in [1.54, 1.807) is 0 Å². The fraction of sp³-hybridized carbons (Fsp3) is 0.944. The summed E-state index contributed by atoms with van der Waals surface area (Å²) >= 11 is 0. The number of ether oxygens (including phenoxy) is 1. The lowest BCUT2D eigenvalue weighted by atomic mass is 10.0. The molecule has 1 aliphatic rings. The highest BCUT2D eigenvalue weighted by molar-refractivity contribution is 5.68. The zero-order valence-electron chi connectivity index (χ0n) is 15.9. The average Bonchev–Trinajstić information content (AvgIpc) is 2.66. The van der Waals surface area contributed by atoms with Gasteiger partial charge in [-0.05, 0) is 65.6 Å². The fourth-order valence-electron chi connectivity index (χ4n) is 2.88. The van der Waals surface area contributed by atoms with Gasteiger partial charge in [0.25, 0.3) is 0 Å². The first-order valence-electron chi connectivity index (χ1n) is 9.16. The predicted molar refractivity (Wildman–Crippen MR) is 95.8 cm³/mol. The summed E-state index contributed by atoms with van der Waals surface area (Å²) in [7, 11) is 0. The SMILES string of the molecule is CCN1CCCC(NCC(NC(=O)OC(C)(C)C)C(C)C)CC1. The Kier molecular flexibility index (Phi) is 8.34. The lowest BCUT2D eigenvalue weighted by Crippen LogP contribution is -2.49. The summed E-state index contributed by atoms with van der Waals surface area (Å²) < 4.78 is 5.37. The number of amides is 1. The van der Waals surface area contributed by atoms with Gasteiger partial charge in [0.2, 0.25) is 0 Å². The van der Waals surface area contributed by atoms with E-state index in [4.69, 9.17) is 4.74 Å². The third-order valence-electron chi connectivity index (χ3n) is 4.40. The van der Waals surface area contributed by atoms with Crippen molar-refractivity contribution >= 4 is 6.09 Å². The highest BCUT2D eigenvalue weighted by atomic mass is 16.6. The molecule has 0 saturated carbocycles. The number of hydrogen-bond acceptors (Lipinski definition) is 4. The van der Waals surface area contributed by atoms with Gasteiger partial charge in [0, 0.05) is 18.6 Å². The zero-order valence-corrected chi connectivity index (χ0v) is 15.9. The molecule has 1 heterocycles. The van der Waals surface area contributed by atoms with Crippen LogP contribution in [0.2, 0.25) is 0 Å². The van der Waals surface area contributed by atoms with Crippen molar-refractivity contribution in [2.45, 2.75) is 78.5 Å². The van der Waals surface area contributed by atoms with Crippen LogP contribution in [0.3, 0.4) is 0 Å². The van der Waals surface area contributed by atoms with Crippen LogP contribution < -0.4 is 10.6 Å². The van der Waals surface area contributed by atoms with Gasteiger partial charge in [0.1, 0.15) is 5.60 Å². The van der Waals surface area contributed by atoms with Crippen LogP contribution in [0.5, 0.6) is 0 Å². The molecule has 0 aromatic heterocycles. The van der Waals surface area contributed by atoms with Gasteiger partial charge in [0.15, 0.2) is 0 Å². The molecule has 5 nitrogen and oxygen atoms in total.